The SMILES string of the molecule is CC(=O)Nc1cccc(-n2nnnc2SC(C)C(=O)c2cc(C)c(C)cc2C)c1. The molecule has 1 atom stereocenters. The number of anilines is 1. The van der Waals surface area contributed by atoms with E-state index in [0.29, 0.717) is 16.5 Å². The van der Waals surface area contributed by atoms with Gasteiger partial charge in [0.1, 0.15) is 0 Å². The minimum atomic E-state index is -0.362. The first-order valence-corrected chi connectivity index (χ1v) is 10.1. The molecular formula is C21H23N5O2S. The number of thioether (sulfide) groups is 1. The van der Waals surface area contributed by atoms with Gasteiger partial charge < -0.3 is 5.32 Å². The summed E-state index contributed by atoms with van der Waals surface area (Å²) >= 11 is 1.30. The van der Waals surface area contributed by atoms with E-state index in [4.69, 9.17) is 0 Å². The highest BCUT2D eigenvalue weighted by molar-refractivity contribution is 8.00. The fraction of sp³-hybridized carbons (Fsp3) is 0.286. The van der Waals surface area contributed by atoms with Crippen LogP contribution in [0.4, 0.5) is 5.69 Å². The third kappa shape index (κ3) is 4.71. The first-order chi connectivity index (χ1) is 13.8. The molecule has 3 rings (SSSR count). The van der Waals surface area contributed by atoms with Crippen molar-refractivity contribution in [2.45, 2.75) is 45.0 Å². The Hall–Kier alpha value is -3.00. The van der Waals surface area contributed by atoms with Gasteiger partial charge >= 0.3 is 0 Å². The molecule has 0 aliphatic carbocycles. The molecule has 0 aliphatic heterocycles. The molecule has 0 spiro atoms. The van der Waals surface area contributed by atoms with Crippen LogP contribution in [-0.2, 0) is 4.79 Å². The van der Waals surface area contributed by atoms with Crippen molar-refractivity contribution in [3.05, 3.63) is 58.7 Å². The van der Waals surface area contributed by atoms with Gasteiger partial charge in [-0.1, -0.05) is 23.9 Å². The van der Waals surface area contributed by atoms with Gasteiger partial charge in [-0.2, -0.15) is 4.68 Å². The van der Waals surface area contributed by atoms with Crippen molar-refractivity contribution >= 4 is 29.1 Å². The molecule has 0 saturated heterocycles. The van der Waals surface area contributed by atoms with E-state index < -0.39 is 0 Å². The number of tetrazole rings is 1. The number of aromatic nitrogens is 4. The number of benzene rings is 2. The Morgan fingerprint density at radius 3 is 2.52 bits per heavy atom. The molecule has 0 fully saturated rings. The third-order valence-electron chi connectivity index (χ3n) is 4.61. The molecule has 8 heteroatoms. The van der Waals surface area contributed by atoms with Crippen LogP contribution in [0.3, 0.4) is 0 Å². The third-order valence-corrected chi connectivity index (χ3v) is 5.64. The smallest absolute Gasteiger partial charge is 0.221 e. The second-order valence-electron chi connectivity index (χ2n) is 6.98. The first-order valence-electron chi connectivity index (χ1n) is 9.21. The average molecular weight is 410 g/mol. The van der Waals surface area contributed by atoms with Gasteiger partial charge in [-0.05, 0) is 79.1 Å². The van der Waals surface area contributed by atoms with Crippen molar-refractivity contribution in [2.24, 2.45) is 0 Å². The Balaban J connectivity index is 1.84. The van der Waals surface area contributed by atoms with Crippen LogP contribution >= 0.6 is 11.8 Å². The molecule has 1 N–H and O–H groups in total. The fourth-order valence-electron chi connectivity index (χ4n) is 2.99. The van der Waals surface area contributed by atoms with Gasteiger partial charge in [0.05, 0.1) is 10.9 Å². The Bertz CT molecular complexity index is 1080. The molecule has 7 nitrogen and oxygen atoms in total. The highest BCUT2D eigenvalue weighted by Crippen LogP contribution is 2.27. The molecule has 29 heavy (non-hydrogen) atoms. The minimum absolute atomic E-state index is 0.0390. The number of nitrogens with zero attached hydrogens (tertiary/aromatic N) is 4. The molecule has 0 saturated carbocycles. The highest BCUT2D eigenvalue weighted by Gasteiger charge is 2.22. The highest BCUT2D eigenvalue weighted by atomic mass is 32.2. The van der Waals surface area contributed by atoms with Gasteiger partial charge in [0, 0.05) is 18.2 Å². The van der Waals surface area contributed by atoms with E-state index in [1.54, 1.807) is 16.8 Å². The number of hydrogen-bond donors (Lipinski definition) is 1. The largest absolute Gasteiger partial charge is 0.326 e. The Kier molecular flexibility index (Phi) is 6.12. The summed E-state index contributed by atoms with van der Waals surface area (Å²) in [5, 5.41) is 14.8. The summed E-state index contributed by atoms with van der Waals surface area (Å²) in [5.41, 5.74) is 5.30. The van der Waals surface area contributed by atoms with Crippen LogP contribution in [0, 0.1) is 20.8 Å². The first kappa shape index (κ1) is 20.7. The zero-order chi connectivity index (χ0) is 21.1. The lowest BCUT2D eigenvalue weighted by molar-refractivity contribution is -0.114. The zero-order valence-electron chi connectivity index (χ0n) is 17.1. The fourth-order valence-corrected chi connectivity index (χ4v) is 3.87. The number of ketones is 1. The van der Waals surface area contributed by atoms with Crippen molar-refractivity contribution < 1.29 is 9.59 Å². The normalized spacial score (nSPS) is 11.9. The molecule has 150 valence electrons. The number of carbonyl (C=O) groups excluding carboxylic acids is 2. The minimum Gasteiger partial charge on any atom is -0.326 e. The van der Waals surface area contributed by atoms with Crippen LogP contribution in [0.5, 0.6) is 0 Å². The molecule has 0 bridgehead atoms. The van der Waals surface area contributed by atoms with Crippen molar-refractivity contribution in [3.8, 4) is 5.69 Å². The van der Waals surface area contributed by atoms with E-state index in [0.717, 1.165) is 16.7 Å². The summed E-state index contributed by atoms with van der Waals surface area (Å²) < 4.78 is 1.56. The van der Waals surface area contributed by atoms with E-state index >= 15 is 0 Å². The summed E-state index contributed by atoms with van der Waals surface area (Å²) in [6.07, 6.45) is 0. The lowest BCUT2D eigenvalue weighted by Gasteiger charge is -2.14. The maximum absolute atomic E-state index is 13.0. The summed E-state index contributed by atoms with van der Waals surface area (Å²) in [7, 11) is 0. The monoisotopic (exact) mass is 409 g/mol. The summed E-state index contributed by atoms with van der Waals surface area (Å²) in [4.78, 5) is 24.3. The molecule has 1 heterocycles. The number of Topliss-reactive ketones (excluding diaryl/α,β-unsaturated/α-hetero) is 1. The number of carbonyl (C=O) groups is 2. The maximum atomic E-state index is 13.0. The number of rotatable bonds is 6. The number of aryl methyl sites for hydroxylation is 3. The summed E-state index contributed by atoms with van der Waals surface area (Å²) in [5.74, 6) is -0.117. The quantitative estimate of drug-likeness (QED) is 0.490. The predicted molar refractivity (Wildman–Crippen MR) is 114 cm³/mol. The maximum Gasteiger partial charge on any atom is 0.221 e. The van der Waals surface area contributed by atoms with E-state index in [1.807, 2.05) is 52.0 Å². The number of hydrogen-bond acceptors (Lipinski definition) is 6. The van der Waals surface area contributed by atoms with Gasteiger partial charge in [-0.25, -0.2) is 0 Å². The van der Waals surface area contributed by atoms with Crippen molar-refractivity contribution in [1.82, 2.24) is 20.2 Å². The van der Waals surface area contributed by atoms with Gasteiger partial charge in [0.15, 0.2) is 5.78 Å². The molecular weight excluding hydrogens is 386 g/mol. The molecule has 1 aromatic heterocycles. The Labute approximate surface area is 173 Å². The number of nitrogens with one attached hydrogen (secondary N) is 1. The zero-order valence-corrected chi connectivity index (χ0v) is 17.9. The van der Waals surface area contributed by atoms with Crippen LogP contribution in [0.15, 0.2) is 41.6 Å². The van der Waals surface area contributed by atoms with Crippen molar-refractivity contribution in [1.29, 1.82) is 0 Å². The van der Waals surface area contributed by atoms with Crippen LogP contribution in [0.2, 0.25) is 0 Å². The number of amides is 1. The van der Waals surface area contributed by atoms with Crippen LogP contribution in [0.1, 0.15) is 40.9 Å². The molecule has 0 radical (unpaired) electrons. The van der Waals surface area contributed by atoms with Crippen LogP contribution in [0.25, 0.3) is 5.69 Å². The Morgan fingerprint density at radius 1 is 1.07 bits per heavy atom. The van der Waals surface area contributed by atoms with E-state index in [9.17, 15) is 9.59 Å². The molecule has 2 aromatic carbocycles. The van der Waals surface area contributed by atoms with E-state index in [-0.39, 0.29) is 16.9 Å². The lowest BCUT2D eigenvalue weighted by atomic mass is 9.97. The molecule has 3 aromatic rings. The average Bonchev–Trinajstić information content (AvgIpc) is 3.12. The van der Waals surface area contributed by atoms with Gasteiger partial charge in [0.2, 0.25) is 11.1 Å². The molecule has 1 unspecified atom stereocenters. The molecule has 0 aliphatic rings. The van der Waals surface area contributed by atoms with Crippen molar-refractivity contribution in [3.63, 3.8) is 0 Å². The standard InChI is InChI=1S/C21H23N5O2S/c1-12-9-14(3)19(10-13(12)2)20(28)15(4)29-21-23-24-25-26(21)18-8-6-7-17(11-18)22-16(5)27/h6-11,15H,1-5H3,(H,22,27). The lowest BCUT2D eigenvalue weighted by Crippen LogP contribution is -2.16. The Morgan fingerprint density at radius 2 is 1.79 bits per heavy atom. The van der Waals surface area contributed by atoms with E-state index in [1.165, 1.54) is 24.2 Å². The van der Waals surface area contributed by atoms with Gasteiger partial charge in [-0.3, -0.25) is 9.59 Å². The van der Waals surface area contributed by atoms with Gasteiger partial charge in [-0.15, -0.1) is 5.10 Å². The predicted octanol–water partition coefficient (Wildman–Crippen LogP) is 3.91. The van der Waals surface area contributed by atoms with Crippen LogP contribution in [-0.4, -0.2) is 37.1 Å². The summed E-state index contributed by atoms with van der Waals surface area (Å²) in [6, 6.07) is 11.2. The topological polar surface area (TPSA) is 89.8 Å². The summed E-state index contributed by atoms with van der Waals surface area (Å²) in [6.45, 7) is 9.31. The van der Waals surface area contributed by atoms with Gasteiger partial charge in [0.25, 0.3) is 0 Å². The van der Waals surface area contributed by atoms with Crippen molar-refractivity contribution in [2.75, 3.05) is 5.32 Å². The molecule has 1 amide bonds. The van der Waals surface area contributed by atoms with E-state index in [2.05, 4.69) is 20.8 Å². The second-order valence-corrected chi connectivity index (χ2v) is 8.29. The second kappa shape index (κ2) is 8.57. The van der Waals surface area contributed by atoms with Crippen LogP contribution < -0.4 is 5.32 Å².